The number of aliphatic hydroxyl groups is 1. The van der Waals surface area contributed by atoms with Gasteiger partial charge in [0, 0.05) is 44.1 Å². The smallest absolute Gasteiger partial charge is 0.244 e. The Morgan fingerprint density at radius 3 is 2.67 bits per heavy atom. The number of piperazine rings is 1. The van der Waals surface area contributed by atoms with Gasteiger partial charge in [-0.1, -0.05) is 6.92 Å². The van der Waals surface area contributed by atoms with Gasteiger partial charge in [0.25, 0.3) is 0 Å². The van der Waals surface area contributed by atoms with Crippen molar-refractivity contribution in [3.8, 4) is 0 Å². The number of hydrogen-bond donors (Lipinski definition) is 1. The van der Waals surface area contributed by atoms with E-state index in [4.69, 9.17) is 0 Å². The molecular formula is C14H25N3O3S. The van der Waals surface area contributed by atoms with Gasteiger partial charge in [0.1, 0.15) is 4.90 Å². The summed E-state index contributed by atoms with van der Waals surface area (Å²) < 4.78 is 28.8. The molecule has 0 spiro atoms. The predicted octanol–water partition coefficient (Wildman–Crippen LogP) is 0.715. The zero-order chi connectivity index (χ0) is 15.6. The van der Waals surface area contributed by atoms with Crippen molar-refractivity contribution in [2.24, 2.45) is 0 Å². The van der Waals surface area contributed by atoms with Crippen molar-refractivity contribution in [2.75, 3.05) is 26.7 Å². The summed E-state index contributed by atoms with van der Waals surface area (Å²) in [5.41, 5.74) is 0.651. The van der Waals surface area contributed by atoms with E-state index >= 15 is 0 Å². The Kier molecular flexibility index (Phi) is 5.08. The standard InChI is InChI=1S/C14H25N3O3S/c1-4-5-16-10-14(8-13(16)11-18)21(19,20)17-7-6-15(3)12(2)9-17/h8,10,12,18H,4-7,9,11H2,1-3H3. The molecule has 0 amide bonds. The van der Waals surface area contributed by atoms with Gasteiger partial charge in [0.15, 0.2) is 0 Å². The molecule has 7 heteroatoms. The van der Waals surface area contributed by atoms with Crippen molar-refractivity contribution in [2.45, 2.75) is 44.4 Å². The van der Waals surface area contributed by atoms with Gasteiger partial charge in [0.05, 0.1) is 6.61 Å². The normalized spacial score (nSPS) is 21.8. The number of aromatic nitrogens is 1. The Balaban J connectivity index is 2.27. The molecule has 1 unspecified atom stereocenters. The van der Waals surface area contributed by atoms with Crippen LogP contribution in [0.2, 0.25) is 0 Å². The molecule has 0 bridgehead atoms. The Morgan fingerprint density at radius 1 is 1.38 bits per heavy atom. The zero-order valence-electron chi connectivity index (χ0n) is 13.0. The van der Waals surface area contributed by atoms with Crippen LogP contribution in [0.25, 0.3) is 0 Å². The van der Waals surface area contributed by atoms with Crippen LogP contribution in [0.15, 0.2) is 17.2 Å². The lowest BCUT2D eigenvalue weighted by Gasteiger charge is -2.36. The number of sulfonamides is 1. The van der Waals surface area contributed by atoms with E-state index in [0.29, 0.717) is 25.3 Å². The third kappa shape index (κ3) is 3.31. The minimum Gasteiger partial charge on any atom is -0.390 e. The van der Waals surface area contributed by atoms with Crippen molar-refractivity contribution in [1.29, 1.82) is 0 Å². The molecule has 0 saturated carbocycles. The second kappa shape index (κ2) is 6.48. The second-order valence-corrected chi connectivity index (χ2v) is 7.65. The monoisotopic (exact) mass is 315 g/mol. The molecule has 2 rings (SSSR count). The first-order valence-corrected chi connectivity index (χ1v) is 8.84. The summed E-state index contributed by atoms with van der Waals surface area (Å²) in [6, 6.07) is 1.80. The van der Waals surface area contributed by atoms with Gasteiger partial charge in [-0.25, -0.2) is 8.42 Å². The first-order chi connectivity index (χ1) is 9.90. The number of nitrogens with zero attached hydrogens (tertiary/aromatic N) is 3. The Morgan fingerprint density at radius 2 is 2.10 bits per heavy atom. The fraction of sp³-hybridized carbons (Fsp3) is 0.714. The van der Waals surface area contributed by atoms with Crippen LogP contribution in [0, 0.1) is 0 Å². The van der Waals surface area contributed by atoms with Gasteiger partial charge in [-0.15, -0.1) is 0 Å². The summed E-state index contributed by atoms with van der Waals surface area (Å²) >= 11 is 0. The van der Waals surface area contributed by atoms with Gasteiger partial charge in [-0.2, -0.15) is 4.31 Å². The van der Waals surface area contributed by atoms with Crippen LogP contribution in [0.1, 0.15) is 26.0 Å². The maximum atomic E-state index is 12.7. The van der Waals surface area contributed by atoms with Crippen LogP contribution in [0.4, 0.5) is 0 Å². The molecule has 6 nitrogen and oxygen atoms in total. The first kappa shape index (κ1) is 16.5. The maximum absolute atomic E-state index is 12.7. The Bertz CT molecular complexity index is 582. The largest absolute Gasteiger partial charge is 0.390 e. The molecule has 1 aromatic rings. The molecule has 1 aliphatic rings. The molecule has 0 aromatic carbocycles. The predicted molar refractivity (Wildman–Crippen MR) is 81.5 cm³/mol. The lowest BCUT2D eigenvalue weighted by atomic mass is 10.2. The molecule has 120 valence electrons. The molecule has 1 saturated heterocycles. The van der Waals surface area contributed by atoms with Gasteiger partial charge in [0.2, 0.25) is 10.0 Å². The average Bonchev–Trinajstić information content (AvgIpc) is 2.86. The summed E-state index contributed by atoms with van der Waals surface area (Å²) in [7, 11) is -1.46. The van der Waals surface area contributed by atoms with Gasteiger partial charge >= 0.3 is 0 Å². The van der Waals surface area contributed by atoms with E-state index in [1.54, 1.807) is 16.6 Å². The van der Waals surface area contributed by atoms with Crippen LogP contribution in [0.5, 0.6) is 0 Å². The summed E-state index contributed by atoms with van der Waals surface area (Å²) in [5.74, 6) is 0. The van der Waals surface area contributed by atoms with Crippen molar-refractivity contribution in [3.63, 3.8) is 0 Å². The molecule has 0 radical (unpaired) electrons. The Hall–Kier alpha value is -0.890. The van der Waals surface area contributed by atoms with Gasteiger partial charge in [-0.3, -0.25) is 0 Å². The quantitative estimate of drug-likeness (QED) is 0.869. The highest BCUT2D eigenvalue weighted by molar-refractivity contribution is 7.89. The highest BCUT2D eigenvalue weighted by Gasteiger charge is 2.31. The molecule has 1 aromatic heterocycles. The molecule has 1 N–H and O–H groups in total. The fourth-order valence-corrected chi connectivity index (χ4v) is 4.21. The lowest BCUT2D eigenvalue weighted by Crippen LogP contribution is -2.51. The van der Waals surface area contributed by atoms with E-state index in [2.05, 4.69) is 4.90 Å². The van der Waals surface area contributed by atoms with Crippen LogP contribution < -0.4 is 0 Å². The molecular weight excluding hydrogens is 290 g/mol. The van der Waals surface area contributed by atoms with Crippen molar-refractivity contribution in [3.05, 3.63) is 18.0 Å². The van der Waals surface area contributed by atoms with Crippen LogP contribution in [-0.4, -0.2) is 60.0 Å². The summed E-state index contributed by atoms with van der Waals surface area (Å²) in [4.78, 5) is 2.45. The van der Waals surface area contributed by atoms with Crippen LogP contribution in [0.3, 0.4) is 0 Å². The third-order valence-corrected chi connectivity index (χ3v) is 5.98. The van der Waals surface area contributed by atoms with E-state index in [-0.39, 0.29) is 17.5 Å². The van der Waals surface area contributed by atoms with Gasteiger partial charge < -0.3 is 14.6 Å². The maximum Gasteiger partial charge on any atom is 0.244 e. The molecule has 1 atom stereocenters. The minimum absolute atomic E-state index is 0.144. The number of aryl methyl sites for hydroxylation is 1. The van der Waals surface area contributed by atoms with Crippen molar-refractivity contribution >= 4 is 10.0 Å². The molecule has 0 aliphatic carbocycles. The van der Waals surface area contributed by atoms with Crippen molar-refractivity contribution in [1.82, 2.24) is 13.8 Å². The molecule has 2 heterocycles. The SMILES string of the molecule is CCCn1cc(S(=O)(=O)N2CCN(C)C(C)C2)cc1CO. The lowest BCUT2D eigenvalue weighted by molar-refractivity contribution is 0.159. The van der Waals surface area contributed by atoms with E-state index in [1.165, 1.54) is 0 Å². The summed E-state index contributed by atoms with van der Waals surface area (Å²) in [6.07, 6.45) is 2.54. The second-order valence-electron chi connectivity index (χ2n) is 5.71. The zero-order valence-corrected chi connectivity index (χ0v) is 13.8. The third-order valence-electron chi connectivity index (χ3n) is 4.15. The summed E-state index contributed by atoms with van der Waals surface area (Å²) in [5, 5.41) is 9.38. The topological polar surface area (TPSA) is 65.8 Å². The first-order valence-electron chi connectivity index (χ1n) is 7.40. The average molecular weight is 315 g/mol. The highest BCUT2D eigenvalue weighted by Crippen LogP contribution is 2.22. The number of rotatable bonds is 5. The Labute approximate surface area is 127 Å². The van der Waals surface area contributed by atoms with E-state index < -0.39 is 10.0 Å². The molecule has 1 aliphatic heterocycles. The van der Waals surface area contributed by atoms with Crippen LogP contribution >= 0.6 is 0 Å². The van der Waals surface area contributed by atoms with E-state index in [9.17, 15) is 13.5 Å². The molecule has 21 heavy (non-hydrogen) atoms. The van der Waals surface area contributed by atoms with Crippen molar-refractivity contribution < 1.29 is 13.5 Å². The minimum atomic E-state index is -3.47. The fourth-order valence-electron chi connectivity index (χ4n) is 2.63. The van der Waals surface area contributed by atoms with E-state index in [1.807, 2.05) is 25.5 Å². The molecule has 1 fully saturated rings. The van der Waals surface area contributed by atoms with Gasteiger partial charge in [-0.05, 0) is 26.5 Å². The number of hydrogen-bond acceptors (Lipinski definition) is 4. The number of likely N-dealkylation sites (N-methyl/N-ethyl adjacent to an activating group) is 1. The highest BCUT2D eigenvalue weighted by atomic mass is 32.2. The van der Waals surface area contributed by atoms with Crippen LogP contribution in [-0.2, 0) is 23.2 Å². The summed E-state index contributed by atoms with van der Waals surface area (Å²) in [6.45, 7) is 6.38. The number of aliphatic hydroxyl groups excluding tert-OH is 1. The van der Waals surface area contributed by atoms with E-state index in [0.717, 1.165) is 13.0 Å².